The second-order valence-corrected chi connectivity index (χ2v) is 9.01. The molecule has 0 radical (unpaired) electrons. The minimum atomic E-state index is -2.06. The van der Waals surface area contributed by atoms with E-state index in [1.54, 1.807) is 6.07 Å². The molecule has 0 aromatic heterocycles. The smallest absolute Gasteiger partial charge is 0.330 e. The number of hydrogen-bond acceptors (Lipinski definition) is 2. The lowest BCUT2D eigenvalue weighted by atomic mass is 9.73. The number of carboxylic acid groups (broad SMARTS) is 2. The average Bonchev–Trinajstić information content (AvgIpc) is 2.99. The molecule has 0 amide bonds. The highest BCUT2D eigenvalue weighted by molar-refractivity contribution is 6.15. The van der Waals surface area contributed by atoms with Gasteiger partial charge in [0.25, 0.3) is 0 Å². The molecule has 0 bridgehead atoms. The quantitative estimate of drug-likeness (QED) is 0.509. The van der Waals surface area contributed by atoms with Crippen LogP contribution in [0.1, 0.15) is 84.0 Å². The standard InChI is InChI=1S/C27H34O4/c1-7-9-11-19-17(5)18(6)20(12-10-8-2)24-23(19)21-13-15(3)16(4)14-22(21)27(24,25(28)29)26(30)31/h13-14H,7-12H2,1-6H3,(H,28,29)(H,30,31). The molecule has 31 heavy (non-hydrogen) atoms. The Kier molecular flexibility index (Phi) is 6.31. The van der Waals surface area contributed by atoms with Crippen molar-refractivity contribution in [2.45, 2.75) is 85.5 Å². The molecule has 0 saturated heterocycles. The molecule has 0 fully saturated rings. The maximum atomic E-state index is 12.9. The van der Waals surface area contributed by atoms with Gasteiger partial charge >= 0.3 is 11.9 Å². The molecule has 1 aliphatic rings. The van der Waals surface area contributed by atoms with Gasteiger partial charge in [0, 0.05) is 0 Å². The zero-order valence-electron chi connectivity index (χ0n) is 19.6. The van der Waals surface area contributed by atoms with Crippen LogP contribution >= 0.6 is 0 Å². The van der Waals surface area contributed by atoms with Crippen molar-refractivity contribution in [2.75, 3.05) is 0 Å². The molecular weight excluding hydrogens is 388 g/mol. The summed E-state index contributed by atoms with van der Waals surface area (Å²) in [6, 6.07) is 3.80. The highest BCUT2D eigenvalue weighted by Gasteiger charge is 2.58. The monoisotopic (exact) mass is 422 g/mol. The van der Waals surface area contributed by atoms with E-state index >= 15 is 0 Å². The van der Waals surface area contributed by atoms with Gasteiger partial charge in [0.2, 0.25) is 5.41 Å². The van der Waals surface area contributed by atoms with E-state index < -0.39 is 17.4 Å². The third kappa shape index (κ3) is 3.28. The molecule has 0 aliphatic heterocycles. The highest BCUT2D eigenvalue weighted by Crippen LogP contribution is 2.55. The van der Waals surface area contributed by atoms with Crippen LogP contribution in [0.15, 0.2) is 12.1 Å². The number of carbonyl (C=O) groups is 2. The fourth-order valence-electron chi connectivity index (χ4n) is 5.18. The first-order valence-corrected chi connectivity index (χ1v) is 11.4. The normalized spacial score (nSPS) is 13.7. The maximum absolute atomic E-state index is 12.9. The lowest BCUT2D eigenvalue weighted by Gasteiger charge is -2.28. The van der Waals surface area contributed by atoms with Gasteiger partial charge in [-0.3, -0.25) is 9.59 Å². The van der Waals surface area contributed by atoms with E-state index in [0.717, 1.165) is 71.0 Å². The number of unbranched alkanes of at least 4 members (excludes halogenated alkanes) is 2. The predicted molar refractivity (Wildman–Crippen MR) is 124 cm³/mol. The third-order valence-corrected chi connectivity index (χ3v) is 7.21. The minimum Gasteiger partial charge on any atom is -0.480 e. The molecule has 2 N–H and O–H groups in total. The van der Waals surface area contributed by atoms with Crippen LogP contribution in [0.4, 0.5) is 0 Å². The summed E-state index contributed by atoms with van der Waals surface area (Å²) in [6.07, 6.45) is 5.37. The summed E-state index contributed by atoms with van der Waals surface area (Å²) < 4.78 is 0. The molecule has 0 spiro atoms. The number of aryl methyl sites for hydroxylation is 2. The fraction of sp³-hybridized carbons (Fsp3) is 0.481. The van der Waals surface area contributed by atoms with E-state index in [-0.39, 0.29) is 0 Å². The summed E-state index contributed by atoms with van der Waals surface area (Å²) in [4.78, 5) is 25.7. The molecular formula is C27H34O4. The van der Waals surface area contributed by atoms with Gasteiger partial charge in [0.15, 0.2) is 0 Å². The van der Waals surface area contributed by atoms with E-state index in [4.69, 9.17) is 0 Å². The van der Waals surface area contributed by atoms with Crippen molar-refractivity contribution in [1.29, 1.82) is 0 Å². The molecule has 0 saturated carbocycles. The number of hydrogen-bond donors (Lipinski definition) is 2. The summed E-state index contributed by atoms with van der Waals surface area (Å²) in [5.41, 5.74) is 6.71. The predicted octanol–water partition coefficient (Wildman–Crippen LogP) is 6.04. The van der Waals surface area contributed by atoms with Crippen molar-refractivity contribution in [2.24, 2.45) is 0 Å². The molecule has 3 rings (SSSR count). The number of aliphatic carboxylic acids is 2. The molecule has 4 heteroatoms. The van der Waals surface area contributed by atoms with Crippen molar-refractivity contribution in [3.63, 3.8) is 0 Å². The summed E-state index contributed by atoms with van der Waals surface area (Å²) >= 11 is 0. The molecule has 166 valence electrons. The van der Waals surface area contributed by atoms with E-state index in [1.165, 1.54) is 5.56 Å². The average molecular weight is 423 g/mol. The molecule has 0 heterocycles. The Balaban J connectivity index is 2.58. The Bertz CT molecular complexity index is 1050. The van der Waals surface area contributed by atoms with Crippen LogP contribution in [0, 0.1) is 27.7 Å². The van der Waals surface area contributed by atoms with Crippen molar-refractivity contribution in [3.8, 4) is 11.1 Å². The van der Waals surface area contributed by atoms with Crippen LogP contribution < -0.4 is 0 Å². The van der Waals surface area contributed by atoms with Gasteiger partial charge in [0.1, 0.15) is 0 Å². The van der Waals surface area contributed by atoms with E-state index in [1.807, 2.05) is 26.8 Å². The van der Waals surface area contributed by atoms with Crippen LogP contribution in [0.25, 0.3) is 11.1 Å². The van der Waals surface area contributed by atoms with Crippen LogP contribution in [0.2, 0.25) is 0 Å². The van der Waals surface area contributed by atoms with Crippen LogP contribution in [-0.2, 0) is 27.8 Å². The van der Waals surface area contributed by atoms with Crippen molar-refractivity contribution < 1.29 is 19.8 Å². The lowest BCUT2D eigenvalue weighted by molar-refractivity contribution is -0.155. The van der Waals surface area contributed by atoms with Gasteiger partial charge in [-0.05, 0) is 109 Å². The zero-order chi connectivity index (χ0) is 23.1. The molecule has 4 nitrogen and oxygen atoms in total. The highest BCUT2D eigenvalue weighted by atomic mass is 16.4. The SMILES string of the molecule is CCCCc1c(C)c(C)c(CCCC)c2c1-c1cc(C)c(C)cc1C2(C(=O)O)C(=O)O. The largest absolute Gasteiger partial charge is 0.480 e. The second-order valence-electron chi connectivity index (χ2n) is 9.01. The first kappa shape index (κ1) is 23.1. The topological polar surface area (TPSA) is 74.6 Å². The van der Waals surface area contributed by atoms with E-state index in [2.05, 4.69) is 20.8 Å². The number of benzene rings is 2. The van der Waals surface area contributed by atoms with Gasteiger partial charge in [-0.15, -0.1) is 0 Å². The minimum absolute atomic E-state index is 0.408. The Labute approximate surface area is 185 Å². The van der Waals surface area contributed by atoms with Gasteiger partial charge in [-0.2, -0.15) is 0 Å². The van der Waals surface area contributed by atoms with E-state index in [9.17, 15) is 19.8 Å². The number of carboxylic acids is 2. The van der Waals surface area contributed by atoms with Gasteiger partial charge < -0.3 is 10.2 Å². The van der Waals surface area contributed by atoms with E-state index in [0.29, 0.717) is 17.5 Å². The Morgan fingerprint density at radius 1 is 0.806 bits per heavy atom. The number of fused-ring (bicyclic) bond motifs is 3. The molecule has 0 atom stereocenters. The summed E-state index contributed by atoms with van der Waals surface area (Å²) in [6.45, 7) is 12.3. The lowest BCUT2D eigenvalue weighted by Crippen LogP contribution is -2.44. The Hall–Kier alpha value is -2.62. The summed E-state index contributed by atoms with van der Waals surface area (Å²) in [5, 5.41) is 21.0. The van der Waals surface area contributed by atoms with Crippen molar-refractivity contribution in [1.82, 2.24) is 0 Å². The zero-order valence-corrected chi connectivity index (χ0v) is 19.6. The maximum Gasteiger partial charge on any atom is 0.330 e. The van der Waals surface area contributed by atoms with Gasteiger partial charge in [-0.25, -0.2) is 0 Å². The fourth-order valence-corrected chi connectivity index (χ4v) is 5.18. The molecule has 2 aromatic carbocycles. The first-order valence-electron chi connectivity index (χ1n) is 11.4. The Morgan fingerprint density at radius 3 is 1.81 bits per heavy atom. The van der Waals surface area contributed by atoms with Crippen LogP contribution in [-0.4, -0.2) is 22.2 Å². The molecule has 2 aromatic rings. The summed E-state index contributed by atoms with van der Waals surface area (Å²) in [5.74, 6) is -2.60. The van der Waals surface area contributed by atoms with Crippen LogP contribution in [0.3, 0.4) is 0 Å². The van der Waals surface area contributed by atoms with Crippen molar-refractivity contribution in [3.05, 3.63) is 56.6 Å². The third-order valence-electron chi connectivity index (χ3n) is 7.21. The number of rotatable bonds is 8. The summed E-state index contributed by atoms with van der Waals surface area (Å²) in [7, 11) is 0. The second kappa shape index (κ2) is 8.49. The first-order chi connectivity index (χ1) is 14.6. The molecule has 0 unspecified atom stereocenters. The van der Waals surface area contributed by atoms with Crippen LogP contribution in [0.5, 0.6) is 0 Å². The van der Waals surface area contributed by atoms with Crippen molar-refractivity contribution >= 4 is 11.9 Å². The van der Waals surface area contributed by atoms with Gasteiger partial charge in [0.05, 0.1) is 0 Å². The Morgan fingerprint density at radius 2 is 1.29 bits per heavy atom. The van der Waals surface area contributed by atoms with Gasteiger partial charge in [-0.1, -0.05) is 38.8 Å². The molecule has 1 aliphatic carbocycles.